The molecule has 0 aliphatic heterocycles. The third kappa shape index (κ3) is 41.5. The molecule has 0 heterocycles. The maximum absolute atomic E-state index is 3.24. The summed E-state index contributed by atoms with van der Waals surface area (Å²) in [6.45, 7) is 5.00. The predicted molar refractivity (Wildman–Crippen MR) is 60.9 cm³/mol. The van der Waals surface area contributed by atoms with Gasteiger partial charge >= 0.3 is 64.9 Å². The zero-order chi connectivity index (χ0) is 6.99. The molecule has 0 saturated heterocycles. The van der Waals surface area contributed by atoms with Gasteiger partial charge in [-0.05, 0) is 0 Å². The van der Waals surface area contributed by atoms with Crippen LogP contribution in [0.15, 0.2) is 0 Å². The van der Waals surface area contributed by atoms with E-state index in [2.05, 4.69) is 78.7 Å². The van der Waals surface area contributed by atoms with E-state index >= 15 is 0 Å². The van der Waals surface area contributed by atoms with Crippen LogP contribution in [0.5, 0.6) is 0 Å². The van der Waals surface area contributed by atoms with E-state index < -0.39 is 0 Å². The molecule has 0 atom stereocenters. The molecule has 0 aromatic rings. The van der Waals surface area contributed by atoms with Gasteiger partial charge in [0.15, 0.2) is 0 Å². The number of hydrogen-bond donors (Lipinski definition) is 0. The Balaban J connectivity index is 0. The fourth-order valence-corrected chi connectivity index (χ4v) is 0. The Morgan fingerprint density at radius 1 is 1.38 bits per heavy atom. The van der Waals surface area contributed by atoms with Gasteiger partial charge in [0, 0.05) is 0 Å². The van der Waals surface area contributed by atoms with Crippen LogP contribution in [0.4, 0.5) is 0 Å². The maximum atomic E-state index is 3.24. The topological polar surface area (TPSA) is 0 Å². The molecule has 0 aliphatic carbocycles. The molecule has 8 heavy (non-hydrogen) atoms. The second-order valence-corrected chi connectivity index (χ2v) is 36.0. The second kappa shape index (κ2) is 11.9. The van der Waals surface area contributed by atoms with Crippen LogP contribution in [0.2, 0.25) is 0 Å². The number of rotatable bonds is 0. The van der Waals surface area contributed by atoms with Gasteiger partial charge in [0.25, 0.3) is 0 Å². The molecule has 48 valence electrons. The quantitative estimate of drug-likeness (QED) is 0.281. The molecule has 0 bridgehead atoms. The van der Waals surface area contributed by atoms with Gasteiger partial charge in [0.2, 0.25) is 0 Å². The van der Waals surface area contributed by atoms with Crippen molar-refractivity contribution in [1.29, 1.82) is 0 Å². The van der Waals surface area contributed by atoms with Crippen LogP contribution in [-0.4, -0.2) is 0 Å². The van der Waals surface area contributed by atoms with E-state index in [0.717, 1.165) is 0 Å². The molecule has 0 aliphatic rings. The van der Waals surface area contributed by atoms with Crippen molar-refractivity contribution in [3.63, 3.8) is 0 Å². The fraction of sp³-hybridized carbons (Fsp3) is 0.250. The van der Waals surface area contributed by atoms with Crippen molar-refractivity contribution >= 4 is 59.9 Å². The molecule has 0 radical (unpaired) electrons. The van der Waals surface area contributed by atoms with Crippen molar-refractivity contribution < 1.29 is 4.92 Å². The molecule has 0 unspecified atom stereocenters. The van der Waals surface area contributed by atoms with Crippen molar-refractivity contribution in [2.24, 2.45) is 0 Å². The third-order valence-electron chi connectivity index (χ3n) is 0.177. The average Bonchev–Trinajstić information content (AvgIpc) is 1.65. The van der Waals surface area contributed by atoms with E-state index in [1.54, 1.807) is 6.92 Å². The van der Waals surface area contributed by atoms with Crippen LogP contribution in [0.3, 0.4) is 0 Å². The fourth-order valence-electron chi connectivity index (χ4n) is 0. The molecule has 0 N–H and O–H groups in total. The van der Waals surface area contributed by atoms with E-state index in [1.807, 2.05) is 0 Å². The summed E-state index contributed by atoms with van der Waals surface area (Å²) in [5.41, 5.74) is 0. The van der Waals surface area contributed by atoms with Crippen LogP contribution in [0, 0.1) is 18.8 Å². The Labute approximate surface area is 88.6 Å². The molecule has 0 rings (SSSR count). The molecule has 0 fully saturated rings. The molecule has 0 spiro atoms. The second-order valence-electron chi connectivity index (χ2n) is 0.618. The Morgan fingerprint density at radius 2 is 1.50 bits per heavy atom. The zero-order valence-corrected chi connectivity index (χ0v) is 12.2. The summed E-state index contributed by atoms with van der Waals surface area (Å²) in [5.74, 6) is 5.00. The van der Waals surface area contributed by atoms with Crippen molar-refractivity contribution in [2.45, 2.75) is 6.92 Å². The van der Waals surface area contributed by atoms with Gasteiger partial charge in [-0.15, -0.1) is 0 Å². The molecule has 0 amide bonds. The third-order valence-corrected chi connectivity index (χ3v) is 0.177. The Kier molecular flexibility index (Phi) is 19.2. The normalized spacial score (nSPS) is 6.12. The molecular weight excluding hydrogens is 480 g/mol. The van der Waals surface area contributed by atoms with Crippen molar-refractivity contribution in [3.8, 4) is 11.8 Å². The van der Waals surface area contributed by atoms with Gasteiger partial charge in [0.05, 0.1) is 0 Å². The first-order valence-electron chi connectivity index (χ1n) is 1.61. The van der Waals surface area contributed by atoms with Gasteiger partial charge in [0.1, 0.15) is 0 Å². The van der Waals surface area contributed by atoms with Gasteiger partial charge in [-0.2, -0.15) is 6.92 Å². The zero-order valence-electron chi connectivity index (χ0n) is 4.29. The molecule has 0 aromatic carbocycles. The van der Waals surface area contributed by atoms with Gasteiger partial charge in [-0.1, -0.05) is 6.92 Å². The van der Waals surface area contributed by atoms with Gasteiger partial charge in [-0.25, -0.2) is 0 Å². The van der Waals surface area contributed by atoms with Gasteiger partial charge in [-0.3, -0.25) is 5.92 Å². The molecule has 0 saturated carbocycles. The summed E-state index contributed by atoms with van der Waals surface area (Å²) >= 11 is 7.39. The summed E-state index contributed by atoms with van der Waals surface area (Å²) in [4.78, 5) is -0.278. The first kappa shape index (κ1) is 12.8. The van der Waals surface area contributed by atoms with E-state index in [1.165, 1.54) is 0 Å². The minimum atomic E-state index is -0.278. The van der Waals surface area contributed by atoms with Crippen LogP contribution in [0.1, 0.15) is 6.92 Å². The molecule has 4 heteroatoms. The Morgan fingerprint density at radius 3 is 1.50 bits per heavy atom. The molecule has 0 aromatic heterocycles. The first-order chi connectivity index (χ1) is 3.65. The van der Waals surface area contributed by atoms with Crippen molar-refractivity contribution in [3.05, 3.63) is 6.92 Å². The predicted octanol–water partition coefficient (Wildman–Crippen LogP) is 3.50. The molecule has 0 nitrogen and oxygen atoms in total. The summed E-state index contributed by atoms with van der Waals surface area (Å²) in [5, 5.41) is 0. The van der Waals surface area contributed by atoms with Crippen LogP contribution >= 0.6 is 59.9 Å². The number of hydrogen-bond acceptors (Lipinski definition) is 0. The van der Waals surface area contributed by atoms with E-state index in [9.17, 15) is 0 Å². The SMILES string of the molecule is [CH2-]C#CC.[I][V]([I])[I]. The standard InChI is InChI=1S/C4H5.3HI.V/c1-3-4-2;;;;/h1H2,2H3;3*1H;/q-1;;;;+3/p-3. The average molecular weight is 485 g/mol. The Hall–Kier alpha value is 2.20. The minimum absolute atomic E-state index is 0.278. The van der Waals surface area contributed by atoms with E-state index in [-0.39, 0.29) is 4.92 Å². The van der Waals surface area contributed by atoms with Crippen molar-refractivity contribution in [1.82, 2.24) is 0 Å². The van der Waals surface area contributed by atoms with Crippen LogP contribution in [0.25, 0.3) is 0 Å². The van der Waals surface area contributed by atoms with Crippen LogP contribution in [-0.2, 0) is 4.92 Å². The first-order valence-corrected chi connectivity index (χ1v) is 15.1. The van der Waals surface area contributed by atoms with Crippen LogP contribution < -0.4 is 0 Å². The monoisotopic (exact) mass is 485 g/mol. The number of halogens is 3. The summed E-state index contributed by atoms with van der Waals surface area (Å²) < 4.78 is 0. The Bertz CT molecular complexity index is 72.3. The van der Waals surface area contributed by atoms with Crippen molar-refractivity contribution in [2.75, 3.05) is 0 Å². The van der Waals surface area contributed by atoms with E-state index in [4.69, 9.17) is 0 Å². The summed E-state index contributed by atoms with van der Waals surface area (Å²) in [6.07, 6.45) is 0. The molecular formula is C4H5I3V-. The summed E-state index contributed by atoms with van der Waals surface area (Å²) in [7, 11) is 0. The van der Waals surface area contributed by atoms with E-state index in [0.29, 0.717) is 0 Å². The van der Waals surface area contributed by atoms with Gasteiger partial charge < -0.3 is 5.92 Å². The summed E-state index contributed by atoms with van der Waals surface area (Å²) in [6, 6.07) is 0.